The first-order valence-electron chi connectivity index (χ1n) is 10.1. The molecule has 1 aliphatic carbocycles. The number of nitrogens with zero attached hydrogens (tertiary/aromatic N) is 2. The molecule has 7 nitrogen and oxygen atoms in total. The molecule has 0 aliphatic heterocycles. The predicted molar refractivity (Wildman–Crippen MR) is 115 cm³/mol. The lowest BCUT2D eigenvalue weighted by molar-refractivity contribution is 0.0951. The Labute approximate surface area is 175 Å². The number of rotatable bonds is 7. The summed E-state index contributed by atoms with van der Waals surface area (Å²) < 4.78 is 5.17. The van der Waals surface area contributed by atoms with Crippen LogP contribution >= 0.6 is 0 Å². The van der Waals surface area contributed by atoms with Gasteiger partial charge in [0.05, 0.1) is 12.1 Å². The minimum atomic E-state index is -0.552. The second-order valence-corrected chi connectivity index (χ2v) is 8.44. The normalized spacial score (nSPS) is 13.9. The quantitative estimate of drug-likeness (QED) is 0.552. The van der Waals surface area contributed by atoms with E-state index < -0.39 is 5.54 Å². The van der Waals surface area contributed by atoms with E-state index in [1.54, 1.807) is 12.5 Å². The van der Waals surface area contributed by atoms with Crippen LogP contribution < -0.4 is 10.6 Å². The van der Waals surface area contributed by atoms with Gasteiger partial charge in [-0.2, -0.15) is 0 Å². The number of benzene rings is 1. The number of aromatic nitrogens is 2. The van der Waals surface area contributed by atoms with Gasteiger partial charge in [0, 0.05) is 28.9 Å². The second-order valence-electron chi connectivity index (χ2n) is 8.44. The number of hydrogen-bond acceptors (Lipinski definition) is 6. The van der Waals surface area contributed by atoms with Crippen molar-refractivity contribution in [1.29, 1.82) is 0 Å². The minimum absolute atomic E-state index is 0.0496. The number of hydrogen-bond donors (Lipinski definition) is 3. The maximum absolute atomic E-state index is 12.5. The van der Waals surface area contributed by atoms with E-state index in [4.69, 9.17) is 4.42 Å². The van der Waals surface area contributed by atoms with Gasteiger partial charge in [0.1, 0.15) is 17.8 Å². The molecule has 30 heavy (non-hydrogen) atoms. The molecule has 1 amide bonds. The molecule has 4 rings (SSSR count). The number of aliphatic hydroxyl groups excluding tert-OH is 1. The van der Waals surface area contributed by atoms with Gasteiger partial charge in [-0.05, 0) is 62.9 Å². The molecule has 0 saturated heterocycles. The van der Waals surface area contributed by atoms with Gasteiger partial charge >= 0.3 is 0 Å². The van der Waals surface area contributed by atoms with Crippen LogP contribution in [0.2, 0.25) is 0 Å². The third kappa shape index (κ3) is 4.36. The van der Waals surface area contributed by atoms with E-state index in [2.05, 4.69) is 20.6 Å². The zero-order valence-corrected chi connectivity index (χ0v) is 17.4. The molecule has 0 bridgehead atoms. The predicted octanol–water partition coefficient (Wildman–Crippen LogP) is 3.79. The summed E-state index contributed by atoms with van der Waals surface area (Å²) in [6.07, 6.45) is 6.80. The van der Waals surface area contributed by atoms with Crippen LogP contribution in [0.15, 0.2) is 47.5 Å². The number of aliphatic hydroxyl groups is 1. The van der Waals surface area contributed by atoms with Crippen molar-refractivity contribution in [2.24, 2.45) is 0 Å². The van der Waals surface area contributed by atoms with Crippen molar-refractivity contribution >= 4 is 11.7 Å². The van der Waals surface area contributed by atoms with E-state index in [0.717, 1.165) is 35.1 Å². The van der Waals surface area contributed by atoms with Gasteiger partial charge in [-0.3, -0.25) is 4.79 Å². The second kappa shape index (κ2) is 7.91. The number of oxazole rings is 1. The van der Waals surface area contributed by atoms with E-state index in [1.807, 2.05) is 45.0 Å². The number of aryl methyl sites for hydroxylation is 1. The van der Waals surface area contributed by atoms with E-state index >= 15 is 0 Å². The lowest BCUT2D eigenvalue weighted by atomic mass is 9.97. The van der Waals surface area contributed by atoms with Gasteiger partial charge in [0.25, 0.3) is 5.91 Å². The topological polar surface area (TPSA) is 100 Å². The average molecular weight is 406 g/mol. The van der Waals surface area contributed by atoms with Gasteiger partial charge in [0.15, 0.2) is 6.39 Å². The third-order valence-corrected chi connectivity index (χ3v) is 5.17. The van der Waals surface area contributed by atoms with Crippen molar-refractivity contribution < 1.29 is 14.3 Å². The molecule has 1 saturated carbocycles. The van der Waals surface area contributed by atoms with Crippen LogP contribution in [0.5, 0.6) is 0 Å². The highest BCUT2D eigenvalue weighted by atomic mass is 16.3. The Balaban J connectivity index is 1.74. The fourth-order valence-electron chi connectivity index (χ4n) is 3.18. The van der Waals surface area contributed by atoms with Crippen LogP contribution in [-0.2, 0) is 0 Å². The smallest absolute Gasteiger partial charge is 0.251 e. The molecule has 0 spiro atoms. The summed E-state index contributed by atoms with van der Waals surface area (Å²) in [5, 5.41) is 15.9. The molecular formula is C23H26N4O3. The maximum atomic E-state index is 12.5. The Morgan fingerprint density at radius 3 is 2.70 bits per heavy atom. The Hall–Kier alpha value is -3.19. The monoisotopic (exact) mass is 406 g/mol. The van der Waals surface area contributed by atoms with Crippen LogP contribution in [0, 0.1) is 6.92 Å². The third-order valence-electron chi connectivity index (χ3n) is 5.17. The zero-order valence-electron chi connectivity index (χ0n) is 17.4. The van der Waals surface area contributed by atoms with E-state index in [0.29, 0.717) is 23.1 Å². The minimum Gasteiger partial charge on any atom is -0.451 e. The summed E-state index contributed by atoms with van der Waals surface area (Å²) in [5.41, 5.74) is 4.33. The Morgan fingerprint density at radius 2 is 2.03 bits per heavy atom. The lowest BCUT2D eigenvalue weighted by Gasteiger charge is -2.25. The highest BCUT2D eigenvalue weighted by Gasteiger charge is 2.24. The summed E-state index contributed by atoms with van der Waals surface area (Å²) in [5.74, 6) is 0.554. The van der Waals surface area contributed by atoms with Crippen molar-refractivity contribution in [2.45, 2.75) is 45.2 Å². The van der Waals surface area contributed by atoms with Gasteiger partial charge in [-0.15, -0.1) is 0 Å². The fourth-order valence-corrected chi connectivity index (χ4v) is 3.18. The molecule has 1 aliphatic rings. The fraction of sp³-hybridized carbons (Fsp3) is 0.348. The van der Waals surface area contributed by atoms with Crippen molar-refractivity contribution in [3.05, 3.63) is 54.2 Å². The van der Waals surface area contributed by atoms with Crippen molar-refractivity contribution in [3.63, 3.8) is 0 Å². The van der Waals surface area contributed by atoms with Gasteiger partial charge in [0.2, 0.25) is 0 Å². The number of pyridine rings is 1. The molecule has 2 heterocycles. The first kappa shape index (κ1) is 20.1. The first-order chi connectivity index (χ1) is 14.4. The van der Waals surface area contributed by atoms with Gasteiger partial charge in [-0.1, -0.05) is 6.07 Å². The maximum Gasteiger partial charge on any atom is 0.251 e. The van der Waals surface area contributed by atoms with Gasteiger partial charge < -0.3 is 20.2 Å². The van der Waals surface area contributed by atoms with Crippen LogP contribution in [0.25, 0.3) is 22.4 Å². The standard InChI is InChI=1S/C23H26N4O3/c1-14-4-5-15(22(29)26-17-6-7-17)8-18(14)16-9-19(20-11-30-13-25-20)21(24-10-16)27-23(2,3)12-28/h4-5,8-11,13,17,28H,6-7,12H2,1-3H3,(H,24,27)(H,26,29). The van der Waals surface area contributed by atoms with E-state index in [1.165, 1.54) is 6.39 Å². The molecule has 7 heteroatoms. The number of amides is 1. The van der Waals surface area contributed by atoms with Crippen LogP contribution in [0.1, 0.15) is 42.6 Å². The van der Waals surface area contributed by atoms with E-state index in [-0.39, 0.29) is 12.5 Å². The molecule has 0 atom stereocenters. The first-order valence-corrected chi connectivity index (χ1v) is 10.1. The number of nitrogens with one attached hydrogen (secondary N) is 2. The van der Waals surface area contributed by atoms with Crippen LogP contribution in [0.3, 0.4) is 0 Å². The largest absolute Gasteiger partial charge is 0.451 e. The van der Waals surface area contributed by atoms with Crippen molar-refractivity contribution in [2.75, 3.05) is 11.9 Å². The highest BCUT2D eigenvalue weighted by Crippen LogP contribution is 2.33. The molecule has 1 fully saturated rings. The molecule has 2 aromatic heterocycles. The summed E-state index contributed by atoms with van der Waals surface area (Å²) in [6.45, 7) is 5.74. The average Bonchev–Trinajstić information content (AvgIpc) is 3.37. The SMILES string of the molecule is Cc1ccc(C(=O)NC2CC2)cc1-c1cnc(NC(C)(C)CO)c(-c2cocn2)c1. The van der Waals surface area contributed by atoms with Crippen molar-refractivity contribution in [3.8, 4) is 22.4 Å². The molecule has 0 unspecified atom stereocenters. The summed E-state index contributed by atoms with van der Waals surface area (Å²) in [7, 11) is 0. The Bertz CT molecular complexity index is 1060. The molecule has 1 aromatic carbocycles. The zero-order chi connectivity index (χ0) is 21.3. The van der Waals surface area contributed by atoms with Gasteiger partial charge in [-0.25, -0.2) is 9.97 Å². The van der Waals surface area contributed by atoms with E-state index in [9.17, 15) is 9.90 Å². The summed E-state index contributed by atoms with van der Waals surface area (Å²) in [4.78, 5) is 21.4. The Kier molecular flexibility index (Phi) is 5.30. The Morgan fingerprint density at radius 1 is 1.23 bits per heavy atom. The van der Waals surface area contributed by atoms with Crippen LogP contribution in [-0.4, -0.2) is 39.2 Å². The molecule has 0 radical (unpaired) electrons. The molecule has 3 N–H and O–H groups in total. The summed E-state index contributed by atoms with van der Waals surface area (Å²) >= 11 is 0. The molecular weight excluding hydrogens is 380 g/mol. The van der Waals surface area contributed by atoms with Crippen LogP contribution in [0.4, 0.5) is 5.82 Å². The number of anilines is 1. The molecule has 3 aromatic rings. The summed E-state index contributed by atoms with van der Waals surface area (Å²) in [6, 6.07) is 7.99. The lowest BCUT2D eigenvalue weighted by Crippen LogP contribution is -2.35. The molecule has 156 valence electrons. The highest BCUT2D eigenvalue weighted by molar-refractivity contribution is 5.96. The number of carbonyl (C=O) groups is 1. The number of carbonyl (C=O) groups excluding carboxylic acids is 1. The van der Waals surface area contributed by atoms with Crippen molar-refractivity contribution in [1.82, 2.24) is 15.3 Å².